The van der Waals surface area contributed by atoms with Crippen molar-refractivity contribution in [2.75, 3.05) is 5.73 Å². The number of carboxylic acids is 1. The number of anilines is 1. The van der Waals surface area contributed by atoms with E-state index in [1.807, 2.05) is 18.2 Å². The smallest absolute Gasteiger partial charge is 0.303 e. The molecule has 2 rings (SSSR count). The van der Waals surface area contributed by atoms with Crippen molar-refractivity contribution in [3.8, 4) is 0 Å². The molecular formula is C10H11BrN2O2S. The van der Waals surface area contributed by atoms with Crippen LogP contribution in [0.5, 0.6) is 0 Å². The number of rotatable bonds is 3. The zero-order valence-electron chi connectivity index (χ0n) is 8.34. The number of aryl methyl sites for hydroxylation is 1. The Morgan fingerprint density at radius 1 is 1.50 bits per heavy atom. The molecule has 1 aromatic carbocycles. The van der Waals surface area contributed by atoms with E-state index in [0.29, 0.717) is 11.6 Å². The second-order valence-electron chi connectivity index (χ2n) is 3.25. The van der Waals surface area contributed by atoms with Crippen molar-refractivity contribution < 1.29 is 9.90 Å². The summed E-state index contributed by atoms with van der Waals surface area (Å²) in [4.78, 5) is 14.5. The minimum absolute atomic E-state index is 0. The van der Waals surface area contributed by atoms with Crippen molar-refractivity contribution in [1.29, 1.82) is 0 Å². The highest BCUT2D eigenvalue weighted by atomic mass is 79.9. The quantitative estimate of drug-likeness (QED) is 0.913. The van der Waals surface area contributed by atoms with Crippen LogP contribution in [0.25, 0.3) is 10.2 Å². The standard InChI is InChI=1S/C10H10N2O2S.BrH/c11-10-12-7-3-1-6(2-4-9(13)14)5-8(7)15-10;/h1,3,5H,2,4H2,(H2,11,12)(H,13,14);1H. The van der Waals surface area contributed by atoms with Gasteiger partial charge in [-0.15, -0.1) is 17.0 Å². The van der Waals surface area contributed by atoms with Gasteiger partial charge >= 0.3 is 5.97 Å². The molecule has 4 nitrogen and oxygen atoms in total. The fourth-order valence-electron chi connectivity index (χ4n) is 1.39. The molecule has 0 aliphatic rings. The molecule has 0 saturated heterocycles. The largest absolute Gasteiger partial charge is 0.481 e. The minimum Gasteiger partial charge on any atom is -0.481 e. The third kappa shape index (κ3) is 2.93. The van der Waals surface area contributed by atoms with E-state index in [0.717, 1.165) is 15.8 Å². The number of fused-ring (bicyclic) bond motifs is 1. The third-order valence-electron chi connectivity index (χ3n) is 2.10. The Morgan fingerprint density at radius 2 is 2.25 bits per heavy atom. The van der Waals surface area contributed by atoms with Crippen LogP contribution in [-0.2, 0) is 11.2 Å². The maximum atomic E-state index is 10.4. The molecule has 0 aliphatic carbocycles. The van der Waals surface area contributed by atoms with E-state index >= 15 is 0 Å². The molecule has 0 amide bonds. The molecule has 16 heavy (non-hydrogen) atoms. The van der Waals surface area contributed by atoms with Gasteiger partial charge in [0.25, 0.3) is 0 Å². The molecule has 0 spiro atoms. The SMILES string of the molecule is Br.Nc1nc2ccc(CCC(=O)O)cc2s1. The van der Waals surface area contributed by atoms with Gasteiger partial charge in [-0.2, -0.15) is 0 Å². The monoisotopic (exact) mass is 302 g/mol. The van der Waals surface area contributed by atoms with E-state index in [2.05, 4.69) is 4.98 Å². The zero-order chi connectivity index (χ0) is 10.8. The molecule has 1 aromatic heterocycles. The number of nitrogens with zero attached hydrogens (tertiary/aromatic N) is 1. The van der Waals surface area contributed by atoms with E-state index in [9.17, 15) is 4.79 Å². The lowest BCUT2D eigenvalue weighted by molar-refractivity contribution is -0.136. The molecule has 86 valence electrons. The number of benzene rings is 1. The van der Waals surface area contributed by atoms with Gasteiger partial charge in [-0.05, 0) is 24.1 Å². The van der Waals surface area contributed by atoms with Crippen LogP contribution in [0.15, 0.2) is 18.2 Å². The van der Waals surface area contributed by atoms with Crippen LogP contribution in [0, 0.1) is 0 Å². The van der Waals surface area contributed by atoms with Crippen LogP contribution in [0.2, 0.25) is 0 Å². The first-order chi connectivity index (χ1) is 7.15. The summed E-state index contributed by atoms with van der Waals surface area (Å²) in [5.41, 5.74) is 7.46. The summed E-state index contributed by atoms with van der Waals surface area (Å²) in [6.07, 6.45) is 0.697. The highest BCUT2D eigenvalue weighted by Crippen LogP contribution is 2.24. The van der Waals surface area contributed by atoms with Crippen molar-refractivity contribution in [3.05, 3.63) is 23.8 Å². The summed E-state index contributed by atoms with van der Waals surface area (Å²) in [6.45, 7) is 0. The number of halogens is 1. The Bertz CT molecular complexity index is 512. The Kier molecular flexibility index (Phi) is 4.26. The van der Waals surface area contributed by atoms with Crippen molar-refractivity contribution in [2.45, 2.75) is 12.8 Å². The predicted octanol–water partition coefficient (Wildman–Crippen LogP) is 2.47. The van der Waals surface area contributed by atoms with Crippen molar-refractivity contribution >= 4 is 49.6 Å². The van der Waals surface area contributed by atoms with Crippen molar-refractivity contribution in [3.63, 3.8) is 0 Å². The van der Waals surface area contributed by atoms with Gasteiger partial charge in [0.2, 0.25) is 0 Å². The normalized spacial score (nSPS) is 10.0. The van der Waals surface area contributed by atoms with Gasteiger partial charge in [-0.1, -0.05) is 17.4 Å². The maximum Gasteiger partial charge on any atom is 0.303 e. The molecule has 0 radical (unpaired) electrons. The van der Waals surface area contributed by atoms with Crippen LogP contribution in [-0.4, -0.2) is 16.1 Å². The number of aromatic nitrogens is 1. The van der Waals surface area contributed by atoms with Gasteiger partial charge in [0, 0.05) is 6.42 Å². The molecule has 6 heteroatoms. The summed E-state index contributed by atoms with van der Waals surface area (Å²) in [6, 6.07) is 5.72. The van der Waals surface area contributed by atoms with Crippen molar-refractivity contribution in [2.24, 2.45) is 0 Å². The summed E-state index contributed by atoms with van der Waals surface area (Å²) in [5.74, 6) is -0.779. The molecule has 0 unspecified atom stereocenters. The number of hydrogen-bond donors (Lipinski definition) is 2. The Morgan fingerprint density at radius 3 is 2.94 bits per heavy atom. The first-order valence-electron chi connectivity index (χ1n) is 4.52. The number of hydrogen-bond acceptors (Lipinski definition) is 4. The van der Waals surface area contributed by atoms with Crippen LogP contribution < -0.4 is 5.73 Å². The topological polar surface area (TPSA) is 76.2 Å². The maximum absolute atomic E-state index is 10.4. The van der Waals surface area contributed by atoms with Gasteiger partial charge in [0.15, 0.2) is 5.13 Å². The second-order valence-corrected chi connectivity index (χ2v) is 4.31. The number of nitrogens with two attached hydrogens (primary N) is 1. The highest BCUT2D eigenvalue weighted by Gasteiger charge is 2.03. The van der Waals surface area contributed by atoms with E-state index < -0.39 is 5.97 Å². The summed E-state index contributed by atoms with van der Waals surface area (Å²) >= 11 is 1.42. The molecule has 0 fully saturated rings. The minimum atomic E-state index is -0.779. The van der Waals surface area contributed by atoms with Crippen molar-refractivity contribution in [1.82, 2.24) is 4.98 Å². The van der Waals surface area contributed by atoms with Gasteiger partial charge in [0.1, 0.15) is 0 Å². The summed E-state index contributed by atoms with van der Waals surface area (Å²) in [7, 11) is 0. The summed E-state index contributed by atoms with van der Waals surface area (Å²) in [5, 5.41) is 9.10. The molecule has 0 saturated carbocycles. The number of carbonyl (C=O) groups is 1. The molecule has 3 N–H and O–H groups in total. The number of thiazole rings is 1. The predicted molar refractivity (Wildman–Crippen MR) is 70.3 cm³/mol. The summed E-state index contributed by atoms with van der Waals surface area (Å²) < 4.78 is 1.01. The average Bonchev–Trinajstić information content (AvgIpc) is 2.53. The fourth-order valence-corrected chi connectivity index (χ4v) is 2.19. The molecule has 0 aliphatic heterocycles. The highest BCUT2D eigenvalue weighted by molar-refractivity contribution is 8.93. The lowest BCUT2D eigenvalue weighted by Gasteiger charge is -1.97. The number of carboxylic acid groups (broad SMARTS) is 1. The van der Waals surface area contributed by atoms with Gasteiger partial charge in [0.05, 0.1) is 10.2 Å². The van der Waals surface area contributed by atoms with Gasteiger partial charge < -0.3 is 10.8 Å². The Labute approximate surface area is 107 Å². The van der Waals surface area contributed by atoms with Gasteiger partial charge in [-0.25, -0.2) is 4.98 Å². The lowest BCUT2D eigenvalue weighted by atomic mass is 10.1. The third-order valence-corrected chi connectivity index (χ3v) is 2.94. The molecule has 2 aromatic rings. The van der Waals surface area contributed by atoms with Crippen LogP contribution in [0.4, 0.5) is 5.13 Å². The van der Waals surface area contributed by atoms with Crippen LogP contribution in [0.3, 0.4) is 0 Å². The van der Waals surface area contributed by atoms with Crippen LogP contribution >= 0.6 is 28.3 Å². The van der Waals surface area contributed by atoms with E-state index in [1.54, 1.807) is 0 Å². The number of nitrogen functional groups attached to an aromatic ring is 1. The van der Waals surface area contributed by atoms with E-state index in [4.69, 9.17) is 10.8 Å². The first-order valence-corrected chi connectivity index (χ1v) is 5.33. The Hall–Kier alpha value is -1.14. The van der Waals surface area contributed by atoms with E-state index in [-0.39, 0.29) is 23.4 Å². The van der Waals surface area contributed by atoms with Gasteiger partial charge in [-0.3, -0.25) is 4.79 Å². The fraction of sp³-hybridized carbons (Fsp3) is 0.200. The molecule has 0 atom stereocenters. The van der Waals surface area contributed by atoms with Crippen LogP contribution in [0.1, 0.15) is 12.0 Å². The Balaban J connectivity index is 0.00000128. The lowest BCUT2D eigenvalue weighted by Crippen LogP contribution is -1.96. The second kappa shape index (κ2) is 5.27. The molecular weight excluding hydrogens is 292 g/mol. The number of aliphatic carboxylic acids is 1. The molecule has 0 bridgehead atoms. The molecule has 1 heterocycles. The zero-order valence-corrected chi connectivity index (χ0v) is 10.9. The average molecular weight is 303 g/mol. The van der Waals surface area contributed by atoms with E-state index in [1.165, 1.54) is 11.3 Å². The first kappa shape index (κ1) is 12.9.